The quantitative estimate of drug-likeness (QED) is 0.249. The Morgan fingerprint density at radius 1 is 0.769 bits per heavy atom. The van der Waals surface area contributed by atoms with Gasteiger partial charge in [0.15, 0.2) is 0 Å². The molecule has 3 nitrogen and oxygen atoms in total. The van der Waals surface area contributed by atoms with E-state index in [1.807, 2.05) is 6.07 Å². The third-order valence-electron chi connectivity index (χ3n) is 8.36. The van der Waals surface area contributed by atoms with Crippen LogP contribution < -0.4 is 4.74 Å². The molecule has 2 aliphatic rings. The van der Waals surface area contributed by atoms with Crippen LogP contribution in [0.4, 0.5) is 0 Å². The maximum atomic E-state index is 6.42. The zero-order chi connectivity index (χ0) is 27.2. The summed E-state index contributed by atoms with van der Waals surface area (Å²) in [5.41, 5.74) is 6.41. The highest BCUT2D eigenvalue weighted by Crippen LogP contribution is 2.44. The SMILES string of the molecule is CC1Oc2cc3ccccc3cc2/C1=C(/C=C\CB1OC(C)(C)C(C)(C)O1)c1ccc(-c2ccccc2)cc1. The monoisotopic (exact) mass is 514 g/mol. The van der Waals surface area contributed by atoms with Crippen LogP contribution in [0.2, 0.25) is 6.32 Å². The normalized spacial score (nSPS) is 20.8. The highest BCUT2D eigenvalue weighted by atomic mass is 16.7. The highest BCUT2D eigenvalue weighted by molar-refractivity contribution is 6.46. The van der Waals surface area contributed by atoms with E-state index in [1.165, 1.54) is 27.5 Å². The molecule has 1 atom stereocenters. The summed E-state index contributed by atoms with van der Waals surface area (Å²) >= 11 is 0. The Morgan fingerprint density at radius 3 is 2.03 bits per heavy atom. The summed E-state index contributed by atoms with van der Waals surface area (Å²) in [6.07, 6.45) is 5.01. The lowest BCUT2D eigenvalue weighted by molar-refractivity contribution is 0.00578. The van der Waals surface area contributed by atoms with E-state index in [9.17, 15) is 0 Å². The van der Waals surface area contributed by atoms with Gasteiger partial charge >= 0.3 is 7.12 Å². The lowest BCUT2D eigenvalue weighted by atomic mass is 9.83. The minimum Gasteiger partial charge on any atom is -0.485 e. The summed E-state index contributed by atoms with van der Waals surface area (Å²) in [7, 11) is -0.272. The molecule has 0 radical (unpaired) electrons. The second-order valence-electron chi connectivity index (χ2n) is 11.6. The van der Waals surface area contributed by atoms with Crippen molar-refractivity contribution in [3.8, 4) is 16.9 Å². The van der Waals surface area contributed by atoms with E-state index in [4.69, 9.17) is 14.0 Å². The molecule has 196 valence electrons. The van der Waals surface area contributed by atoms with Crippen molar-refractivity contribution >= 4 is 29.0 Å². The molecule has 39 heavy (non-hydrogen) atoms. The van der Waals surface area contributed by atoms with E-state index in [0.717, 1.165) is 22.4 Å². The van der Waals surface area contributed by atoms with Crippen LogP contribution in [0.25, 0.3) is 33.0 Å². The topological polar surface area (TPSA) is 27.7 Å². The van der Waals surface area contributed by atoms with Crippen molar-refractivity contribution in [2.45, 2.75) is 58.2 Å². The number of allylic oxidation sites excluding steroid dienone is 3. The van der Waals surface area contributed by atoms with Gasteiger partial charge in [0.1, 0.15) is 11.9 Å². The molecule has 0 saturated carbocycles. The first-order valence-electron chi connectivity index (χ1n) is 13.8. The van der Waals surface area contributed by atoms with Gasteiger partial charge in [0.05, 0.1) is 11.2 Å². The van der Waals surface area contributed by atoms with Crippen molar-refractivity contribution in [1.29, 1.82) is 0 Å². The van der Waals surface area contributed by atoms with Gasteiger partial charge in [-0.2, -0.15) is 0 Å². The first kappa shape index (κ1) is 25.7. The zero-order valence-corrected chi connectivity index (χ0v) is 23.4. The predicted octanol–water partition coefficient (Wildman–Crippen LogP) is 8.85. The second-order valence-corrected chi connectivity index (χ2v) is 11.6. The molecule has 1 unspecified atom stereocenters. The number of hydrogen-bond acceptors (Lipinski definition) is 3. The molecule has 1 saturated heterocycles. The predicted molar refractivity (Wildman–Crippen MR) is 163 cm³/mol. The Hall–Kier alpha value is -3.60. The van der Waals surface area contributed by atoms with Gasteiger partial charge in [-0.25, -0.2) is 0 Å². The third-order valence-corrected chi connectivity index (χ3v) is 8.36. The smallest absolute Gasteiger partial charge is 0.461 e. The Bertz CT molecular complexity index is 1550. The third kappa shape index (κ3) is 4.84. The molecule has 4 aromatic rings. The summed E-state index contributed by atoms with van der Waals surface area (Å²) < 4.78 is 18.9. The number of rotatable bonds is 5. The molecule has 2 heterocycles. The summed E-state index contributed by atoms with van der Waals surface area (Å²) in [6, 6.07) is 32.2. The lowest BCUT2D eigenvalue weighted by Gasteiger charge is -2.32. The van der Waals surface area contributed by atoms with Crippen LogP contribution in [0.15, 0.2) is 103 Å². The van der Waals surface area contributed by atoms with E-state index in [-0.39, 0.29) is 24.4 Å². The molecule has 4 heteroatoms. The van der Waals surface area contributed by atoms with Gasteiger partial charge in [0, 0.05) is 17.5 Å². The van der Waals surface area contributed by atoms with Crippen LogP contribution in [0.3, 0.4) is 0 Å². The minimum atomic E-state index is -0.339. The molecular weight excluding hydrogens is 479 g/mol. The maximum Gasteiger partial charge on any atom is 0.461 e. The fourth-order valence-electron chi connectivity index (χ4n) is 5.53. The fourth-order valence-corrected chi connectivity index (χ4v) is 5.53. The van der Waals surface area contributed by atoms with Gasteiger partial charge in [-0.1, -0.05) is 91.0 Å². The van der Waals surface area contributed by atoms with Crippen molar-refractivity contribution in [2.24, 2.45) is 0 Å². The molecule has 0 spiro atoms. The summed E-state index contributed by atoms with van der Waals surface area (Å²) in [5, 5.41) is 2.40. The van der Waals surface area contributed by atoms with Crippen LogP contribution >= 0.6 is 0 Å². The first-order chi connectivity index (χ1) is 18.7. The van der Waals surface area contributed by atoms with Gasteiger partial charge in [-0.05, 0) is 79.8 Å². The zero-order valence-electron chi connectivity index (χ0n) is 23.4. The standard InChI is InChI=1S/C35H35BO3/c1-24-33(31-22-28-14-9-10-15-29(28)23-32(31)37-24)30(16-11-21-36-38-34(2,3)35(4,5)39-36)27-19-17-26(18-20-27)25-12-7-6-8-13-25/h6-20,22-24H,21H2,1-5H3/b16-11-,33-30-. The van der Waals surface area contributed by atoms with E-state index in [0.29, 0.717) is 6.32 Å². The highest BCUT2D eigenvalue weighted by Gasteiger charge is 2.50. The Morgan fingerprint density at radius 2 is 1.36 bits per heavy atom. The maximum absolute atomic E-state index is 6.42. The van der Waals surface area contributed by atoms with Crippen LogP contribution in [0.1, 0.15) is 45.7 Å². The average molecular weight is 514 g/mol. The molecule has 0 N–H and O–H groups in total. The molecule has 0 bridgehead atoms. The van der Waals surface area contributed by atoms with E-state index in [1.54, 1.807) is 0 Å². The minimum absolute atomic E-state index is 0.0675. The molecule has 2 aliphatic heterocycles. The summed E-state index contributed by atoms with van der Waals surface area (Å²) in [4.78, 5) is 0. The van der Waals surface area contributed by atoms with Crippen LogP contribution in [0, 0.1) is 0 Å². The van der Waals surface area contributed by atoms with Gasteiger partial charge in [0.2, 0.25) is 0 Å². The van der Waals surface area contributed by atoms with Gasteiger partial charge in [0.25, 0.3) is 0 Å². The molecule has 0 aromatic heterocycles. The number of fused-ring (bicyclic) bond motifs is 2. The summed E-state index contributed by atoms with van der Waals surface area (Å²) in [6.45, 7) is 10.5. The molecule has 6 rings (SSSR count). The van der Waals surface area contributed by atoms with E-state index in [2.05, 4.69) is 132 Å². The van der Waals surface area contributed by atoms with Gasteiger partial charge < -0.3 is 14.0 Å². The largest absolute Gasteiger partial charge is 0.485 e. The van der Waals surface area contributed by atoms with Crippen molar-refractivity contribution < 1.29 is 14.0 Å². The molecular formula is C35H35BO3. The number of hydrogen-bond donors (Lipinski definition) is 0. The van der Waals surface area contributed by atoms with Crippen LogP contribution in [-0.2, 0) is 9.31 Å². The lowest BCUT2D eigenvalue weighted by Crippen LogP contribution is -2.41. The molecule has 0 aliphatic carbocycles. The number of benzene rings is 4. The molecule has 0 amide bonds. The average Bonchev–Trinajstić information content (AvgIpc) is 3.34. The Balaban J connectivity index is 1.41. The Kier molecular flexibility index (Phi) is 6.49. The summed E-state index contributed by atoms with van der Waals surface area (Å²) in [5.74, 6) is 0.939. The van der Waals surface area contributed by atoms with Crippen LogP contribution in [0.5, 0.6) is 5.75 Å². The Labute approximate surface area is 232 Å². The molecule has 4 aromatic carbocycles. The van der Waals surface area contributed by atoms with E-state index >= 15 is 0 Å². The van der Waals surface area contributed by atoms with Crippen molar-refractivity contribution in [2.75, 3.05) is 0 Å². The number of ether oxygens (including phenoxy) is 1. The van der Waals surface area contributed by atoms with Crippen molar-refractivity contribution in [3.05, 3.63) is 114 Å². The fraction of sp³-hybridized carbons (Fsp3) is 0.257. The van der Waals surface area contributed by atoms with Crippen molar-refractivity contribution in [1.82, 2.24) is 0 Å². The second kappa shape index (κ2) is 9.86. The van der Waals surface area contributed by atoms with E-state index < -0.39 is 0 Å². The first-order valence-corrected chi connectivity index (χ1v) is 13.8. The van der Waals surface area contributed by atoms with Gasteiger partial charge in [-0.3, -0.25) is 0 Å². The van der Waals surface area contributed by atoms with Crippen molar-refractivity contribution in [3.63, 3.8) is 0 Å². The van der Waals surface area contributed by atoms with Crippen LogP contribution in [-0.4, -0.2) is 24.4 Å². The molecule has 1 fully saturated rings. The van der Waals surface area contributed by atoms with Gasteiger partial charge in [-0.15, -0.1) is 0 Å².